The summed E-state index contributed by atoms with van der Waals surface area (Å²) in [7, 11) is 2.54. The van der Waals surface area contributed by atoms with Crippen molar-refractivity contribution in [3.8, 4) is 23.0 Å². The molecule has 49 heavy (non-hydrogen) atoms. The van der Waals surface area contributed by atoms with E-state index < -0.39 is 15.8 Å². The van der Waals surface area contributed by atoms with Gasteiger partial charge in [0, 0.05) is 48.2 Å². The molecule has 4 atom stereocenters. The van der Waals surface area contributed by atoms with E-state index in [-0.39, 0.29) is 24.3 Å². The van der Waals surface area contributed by atoms with Crippen molar-refractivity contribution in [2.24, 2.45) is 17.3 Å². The smallest absolute Gasteiger partial charge is 0.218 e. The van der Waals surface area contributed by atoms with E-state index in [0.29, 0.717) is 54.0 Å². The summed E-state index contributed by atoms with van der Waals surface area (Å²) >= 11 is 0. The van der Waals surface area contributed by atoms with Crippen LogP contribution >= 0.6 is 0 Å². The van der Waals surface area contributed by atoms with Gasteiger partial charge in [0.1, 0.15) is 23.0 Å². The standard InChI is InChI=1S/C39H49NO8S/c1-38-16-14-33-32-12-6-26(20-27(32)9-13-34(33)35(38)15-17-39(38)47-18-19-48-39)25-49(41,42)40(23-28-7-10-30(43-2)21-36(28)45-4)24-29-8-11-31(44-3)22-37(29)46-5/h6-8,10-12,20-22,33-35H,9,13-19,23-25H2,1-5H3/t33-,34-,35+,38+/m1/s1. The van der Waals surface area contributed by atoms with Crippen LogP contribution < -0.4 is 18.9 Å². The SMILES string of the molecule is COc1ccc(CN(Cc2ccc(OC)cc2OC)S(=O)(=O)Cc2ccc3c(c2)CC[C@@H]2[C@@H]3CC[C@@]3(C)[C@H]2CCC32OCCO2)c(OC)c1. The van der Waals surface area contributed by atoms with Crippen molar-refractivity contribution in [3.63, 3.8) is 0 Å². The zero-order valence-electron chi connectivity index (χ0n) is 29.3. The Balaban J connectivity index is 1.15. The third-order valence-corrected chi connectivity index (χ3v) is 13.8. The van der Waals surface area contributed by atoms with Gasteiger partial charge < -0.3 is 28.4 Å². The minimum absolute atomic E-state index is 0.0543. The number of rotatable bonds is 11. The fourth-order valence-electron chi connectivity index (χ4n) is 9.51. The highest BCUT2D eigenvalue weighted by Gasteiger charge is 2.65. The van der Waals surface area contributed by atoms with E-state index in [9.17, 15) is 8.42 Å². The number of nitrogens with zero attached hydrogens (tertiary/aromatic N) is 1. The number of hydrogen-bond acceptors (Lipinski definition) is 8. The van der Waals surface area contributed by atoms with E-state index >= 15 is 0 Å². The predicted octanol–water partition coefficient (Wildman–Crippen LogP) is 6.85. The molecule has 1 spiro atoms. The lowest BCUT2D eigenvalue weighted by molar-refractivity contribution is -0.237. The highest BCUT2D eigenvalue weighted by molar-refractivity contribution is 7.88. The first-order valence-corrected chi connectivity index (χ1v) is 19.0. The summed E-state index contributed by atoms with van der Waals surface area (Å²) in [6.45, 7) is 4.04. The molecule has 1 aliphatic heterocycles. The summed E-state index contributed by atoms with van der Waals surface area (Å²) in [5.41, 5.74) is 5.03. The van der Waals surface area contributed by atoms with Gasteiger partial charge in [-0.3, -0.25) is 0 Å². The maximum atomic E-state index is 14.4. The van der Waals surface area contributed by atoms with Crippen molar-refractivity contribution in [2.75, 3.05) is 41.7 Å². The molecular formula is C39H49NO8S. The third-order valence-electron chi connectivity index (χ3n) is 12.0. The maximum Gasteiger partial charge on any atom is 0.218 e. The van der Waals surface area contributed by atoms with Crippen LogP contribution in [0.15, 0.2) is 54.6 Å². The monoisotopic (exact) mass is 691 g/mol. The molecule has 1 heterocycles. The second kappa shape index (κ2) is 13.4. The van der Waals surface area contributed by atoms with Gasteiger partial charge in [-0.25, -0.2) is 8.42 Å². The summed E-state index contributed by atoms with van der Waals surface area (Å²) in [4.78, 5) is 0. The van der Waals surface area contributed by atoms with Crippen molar-refractivity contribution >= 4 is 10.0 Å². The van der Waals surface area contributed by atoms with Gasteiger partial charge in [-0.05, 0) is 78.7 Å². The first-order chi connectivity index (χ1) is 23.6. The van der Waals surface area contributed by atoms with Crippen LogP contribution in [0.2, 0.25) is 0 Å². The first-order valence-electron chi connectivity index (χ1n) is 17.4. The molecule has 4 aliphatic rings. The van der Waals surface area contributed by atoms with Crippen LogP contribution in [0.3, 0.4) is 0 Å². The molecule has 0 bridgehead atoms. The highest BCUT2D eigenvalue weighted by atomic mass is 32.2. The Morgan fingerprint density at radius 1 is 0.776 bits per heavy atom. The zero-order chi connectivity index (χ0) is 34.4. The Labute approximate surface area is 290 Å². The van der Waals surface area contributed by atoms with E-state index in [1.807, 2.05) is 30.3 Å². The van der Waals surface area contributed by atoms with Crippen molar-refractivity contribution < 1.29 is 36.8 Å². The number of aryl methyl sites for hydroxylation is 1. The van der Waals surface area contributed by atoms with Gasteiger partial charge in [0.2, 0.25) is 10.0 Å². The van der Waals surface area contributed by atoms with Crippen LogP contribution in [0.25, 0.3) is 0 Å². The minimum Gasteiger partial charge on any atom is -0.497 e. The summed E-state index contributed by atoms with van der Waals surface area (Å²) < 4.78 is 65.0. The predicted molar refractivity (Wildman–Crippen MR) is 187 cm³/mol. The summed E-state index contributed by atoms with van der Waals surface area (Å²) in [5, 5.41) is 0. The van der Waals surface area contributed by atoms with Crippen LogP contribution in [-0.4, -0.2) is 60.2 Å². The lowest BCUT2D eigenvalue weighted by Crippen LogP contribution is -2.51. The summed E-state index contributed by atoms with van der Waals surface area (Å²) in [6.07, 6.45) is 6.41. The largest absolute Gasteiger partial charge is 0.497 e. The van der Waals surface area contributed by atoms with E-state index in [1.54, 1.807) is 40.6 Å². The molecule has 0 unspecified atom stereocenters. The molecule has 0 radical (unpaired) electrons. The molecule has 2 saturated carbocycles. The average molecular weight is 692 g/mol. The maximum absolute atomic E-state index is 14.4. The summed E-state index contributed by atoms with van der Waals surface area (Å²) in [6, 6.07) is 17.3. The van der Waals surface area contributed by atoms with Crippen LogP contribution in [-0.2, 0) is 44.8 Å². The van der Waals surface area contributed by atoms with Gasteiger partial charge in [-0.15, -0.1) is 0 Å². The Morgan fingerprint density at radius 2 is 1.41 bits per heavy atom. The Hall–Kier alpha value is -3.31. The molecule has 1 saturated heterocycles. The van der Waals surface area contributed by atoms with Crippen LogP contribution in [0.1, 0.15) is 72.8 Å². The quantitative estimate of drug-likeness (QED) is 0.216. The molecule has 0 N–H and O–H groups in total. The van der Waals surface area contributed by atoms with Crippen molar-refractivity contribution in [1.82, 2.24) is 4.31 Å². The van der Waals surface area contributed by atoms with Crippen molar-refractivity contribution in [3.05, 3.63) is 82.4 Å². The van der Waals surface area contributed by atoms with Crippen molar-refractivity contribution in [2.45, 2.75) is 76.0 Å². The Bertz CT molecular complexity index is 1730. The lowest BCUT2D eigenvalue weighted by atomic mass is 9.55. The molecule has 7 rings (SSSR count). The van der Waals surface area contributed by atoms with E-state index in [4.69, 9.17) is 28.4 Å². The van der Waals surface area contributed by atoms with Gasteiger partial charge in [-0.2, -0.15) is 4.31 Å². The number of hydrogen-bond donors (Lipinski definition) is 0. The van der Waals surface area contributed by atoms with Gasteiger partial charge in [0.15, 0.2) is 5.79 Å². The fourth-order valence-corrected chi connectivity index (χ4v) is 11.0. The van der Waals surface area contributed by atoms with Gasteiger partial charge >= 0.3 is 0 Å². The molecule has 3 fully saturated rings. The molecular weight excluding hydrogens is 642 g/mol. The molecule has 0 aromatic heterocycles. The number of methoxy groups -OCH3 is 4. The van der Waals surface area contributed by atoms with E-state index in [0.717, 1.165) is 55.2 Å². The third kappa shape index (κ3) is 6.09. The lowest BCUT2D eigenvalue weighted by Gasteiger charge is -2.52. The van der Waals surface area contributed by atoms with Crippen LogP contribution in [0, 0.1) is 17.3 Å². The minimum atomic E-state index is -3.80. The normalized spacial score (nSPS) is 25.5. The number of benzene rings is 3. The molecule has 10 heteroatoms. The zero-order valence-corrected chi connectivity index (χ0v) is 30.1. The fraction of sp³-hybridized carbons (Fsp3) is 0.538. The number of sulfonamides is 1. The molecule has 3 aliphatic carbocycles. The average Bonchev–Trinajstić information content (AvgIpc) is 3.72. The van der Waals surface area contributed by atoms with Crippen LogP contribution in [0.5, 0.6) is 23.0 Å². The highest BCUT2D eigenvalue weighted by Crippen LogP contribution is 2.66. The van der Waals surface area contributed by atoms with Crippen molar-refractivity contribution in [1.29, 1.82) is 0 Å². The van der Waals surface area contributed by atoms with Gasteiger partial charge in [0.25, 0.3) is 0 Å². The summed E-state index contributed by atoms with van der Waals surface area (Å²) in [5.74, 6) is 3.56. The molecule has 3 aromatic carbocycles. The Kier molecular flexibility index (Phi) is 9.36. The second-order valence-corrected chi connectivity index (χ2v) is 16.2. The molecule has 3 aromatic rings. The van der Waals surface area contributed by atoms with Gasteiger partial charge in [0.05, 0.1) is 47.4 Å². The van der Waals surface area contributed by atoms with Gasteiger partial charge in [-0.1, -0.05) is 37.3 Å². The number of fused-ring (bicyclic) bond motifs is 6. The molecule has 9 nitrogen and oxygen atoms in total. The topological polar surface area (TPSA) is 92.8 Å². The molecule has 0 amide bonds. The van der Waals surface area contributed by atoms with Crippen LogP contribution in [0.4, 0.5) is 0 Å². The first kappa shape index (κ1) is 34.2. The number of ether oxygens (including phenoxy) is 6. The Morgan fingerprint density at radius 3 is 2.00 bits per heavy atom. The van der Waals surface area contributed by atoms with E-state index in [2.05, 4.69) is 19.1 Å². The second-order valence-electron chi connectivity index (χ2n) is 14.3. The molecule has 264 valence electrons. The van der Waals surface area contributed by atoms with E-state index in [1.165, 1.54) is 15.4 Å².